The molecule has 24 heavy (non-hydrogen) atoms. The van der Waals surface area contributed by atoms with Crippen LogP contribution in [0.4, 0.5) is 0 Å². The van der Waals surface area contributed by atoms with Crippen molar-refractivity contribution in [2.75, 3.05) is 0 Å². The Morgan fingerprint density at radius 3 is 2.75 bits per heavy atom. The van der Waals surface area contributed by atoms with Gasteiger partial charge in [0.2, 0.25) is 0 Å². The zero-order valence-corrected chi connectivity index (χ0v) is 13.8. The van der Waals surface area contributed by atoms with Gasteiger partial charge < -0.3 is 4.42 Å². The minimum atomic E-state index is 0.780. The Kier molecular flexibility index (Phi) is 3.66. The molecule has 1 aliphatic carbocycles. The van der Waals surface area contributed by atoms with E-state index in [1.165, 1.54) is 10.9 Å². The van der Waals surface area contributed by atoms with Crippen LogP contribution in [-0.4, -0.2) is 5.71 Å². The third kappa shape index (κ3) is 2.50. The van der Waals surface area contributed by atoms with E-state index in [0.717, 1.165) is 46.7 Å². The highest BCUT2D eigenvalue weighted by Crippen LogP contribution is 2.33. The van der Waals surface area contributed by atoms with Crippen LogP contribution in [0, 0.1) is 0 Å². The van der Waals surface area contributed by atoms with Crippen molar-refractivity contribution >= 4 is 28.5 Å². The standard InChI is InChI=1S/C22H19NO/c1-15(17-9-4-3-5-10-17)23-16(2)18-12-8-14-21-22(18)19-11-6-7-13-20(19)24-21/h3-5,7-10,12-14H,1,6,11H2,2H3. The van der Waals surface area contributed by atoms with E-state index in [1.807, 2.05) is 49.4 Å². The van der Waals surface area contributed by atoms with Crippen LogP contribution in [-0.2, 0) is 6.42 Å². The maximum atomic E-state index is 6.01. The second kappa shape index (κ2) is 5.97. The van der Waals surface area contributed by atoms with Crippen LogP contribution in [0.15, 0.2) is 70.6 Å². The van der Waals surface area contributed by atoms with Crippen molar-refractivity contribution in [3.8, 4) is 0 Å². The summed E-state index contributed by atoms with van der Waals surface area (Å²) in [6.45, 7) is 6.17. The van der Waals surface area contributed by atoms with Gasteiger partial charge in [-0.3, -0.25) is 4.99 Å². The first-order chi connectivity index (χ1) is 11.7. The Hall–Kier alpha value is -2.87. The van der Waals surface area contributed by atoms with Crippen LogP contribution < -0.4 is 0 Å². The van der Waals surface area contributed by atoms with Gasteiger partial charge in [0.15, 0.2) is 0 Å². The van der Waals surface area contributed by atoms with Crippen LogP contribution in [0.3, 0.4) is 0 Å². The molecule has 2 nitrogen and oxygen atoms in total. The lowest BCUT2D eigenvalue weighted by Gasteiger charge is -2.08. The predicted molar refractivity (Wildman–Crippen MR) is 101 cm³/mol. The van der Waals surface area contributed by atoms with Crippen LogP contribution >= 0.6 is 0 Å². The van der Waals surface area contributed by atoms with Crippen LogP contribution in [0.1, 0.15) is 35.8 Å². The molecule has 1 aliphatic rings. The largest absolute Gasteiger partial charge is 0.456 e. The molecule has 0 fully saturated rings. The fourth-order valence-electron chi connectivity index (χ4n) is 3.29. The number of fused-ring (bicyclic) bond motifs is 3. The number of nitrogens with zero attached hydrogens (tertiary/aromatic N) is 1. The Morgan fingerprint density at radius 2 is 1.92 bits per heavy atom. The normalized spacial score (nSPS) is 14.0. The lowest BCUT2D eigenvalue weighted by Crippen LogP contribution is -1.99. The first-order valence-electron chi connectivity index (χ1n) is 8.25. The molecule has 0 radical (unpaired) electrons. The molecule has 1 heterocycles. The molecule has 0 amide bonds. The number of hydrogen-bond acceptors (Lipinski definition) is 2. The molecule has 0 bridgehead atoms. The smallest absolute Gasteiger partial charge is 0.135 e. The van der Waals surface area contributed by atoms with E-state index in [9.17, 15) is 0 Å². The second-order valence-electron chi connectivity index (χ2n) is 6.07. The number of rotatable bonds is 3. The molecule has 0 spiro atoms. The molecular formula is C22H19NO. The molecule has 0 saturated heterocycles. The van der Waals surface area contributed by atoms with E-state index in [2.05, 4.69) is 24.8 Å². The molecule has 3 aromatic rings. The molecule has 118 valence electrons. The van der Waals surface area contributed by atoms with Gasteiger partial charge in [0, 0.05) is 22.2 Å². The SMILES string of the molecule is C=C(N=C(C)c1cccc2oc3c(c12)CCC=C3)c1ccccc1. The van der Waals surface area contributed by atoms with Crippen molar-refractivity contribution in [1.82, 2.24) is 0 Å². The van der Waals surface area contributed by atoms with Gasteiger partial charge in [-0.15, -0.1) is 0 Å². The van der Waals surface area contributed by atoms with Gasteiger partial charge in [-0.1, -0.05) is 55.1 Å². The molecule has 2 aromatic carbocycles. The summed E-state index contributed by atoms with van der Waals surface area (Å²) in [6, 6.07) is 16.3. The predicted octanol–water partition coefficient (Wildman–Crippen LogP) is 5.87. The van der Waals surface area contributed by atoms with Crippen molar-refractivity contribution in [3.05, 3.63) is 83.6 Å². The molecule has 4 rings (SSSR count). The Morgan fingerprint density at radius 1 is 1.08 bits per heavy atom. The van der Waals surface area contributed by atoms with Crippen molar-refractivity contribution in [1.29, 1.82) is 0 Å². The van der Waals surface area contributed by atoms with Crippen LogP contribution in [0.2, 0.25) is 0 Å². The number of aryl methyl sites for hydroxylation is 1. The molecule has 1 aromatic heterocycles. The van der Waals surface area contributed by atoms with Gasteiger partial charge in [-0.2, -0.15) is 0 Å². The summed E-state index contributed by atoms with van der Waals surface area (Å²) in [5.41, 5.74) is 6.15. The van der Waals surface area contributed by atoms with E-state index < -0.39 is 0 Å². The molecular weight excluding hydrogens is 294 g/mol. The molecule has 0 aliphatic heterocycles. The van der Waals surface area contributed by atoms with Crippen molar-refractivity contribution in [2.45, 2.75) is 19.8 Å². The highest BCUT2D eigenvalue weighted by Gasteiger charge is 2.18. The molecule has 0 atom stereocenters. The Balaban J connectivity index is 1.81. The number of hydrogen-bond donors (Lipinski definition) is 0. The van der Waals surface area contributed by atoms with Gasteiger partial charge in [0.05, 0.1) is 5.70 Å². The zero-order valence-electron chi connectivity index (χ0n) is 13.8. The van der Waals surface area contributed by atoms with Crippen molar-refractivity contribution in [2.24, 2.45) is 4.99 Å². The summed E-state index contributed by atoms with van der Waals surface area (Å²) >= 11 is 0. The molecule has 0 unspecified atom stereocenters. The van der Waals surface area contributed by atoms with Crippen LogP contribution in [0.25, 0.3) is 22.7 Å². The summed E-state index contributed by atoms with van der Waals surface area (Å²) in [5.74, 6) is 0.985. The molecule has 0 N–H and O–H groups in total. The van der Waals surface area contributed by atoms with Crippen LogP contribution in [0.5, 0.6) is 0 Å². The van der Waals surface area contributed by atoms with Crippen molar-refractivity contribution < 1.29 is 4.42 Å². The fourth-order valence-corrected chi connectivity index (χ4v) is 3.29. The topological polar surface area (TPSA) is 25.5 Å². The highest BCUT2D eigenvalue weighted by molar-refractivity contribution is 6.12. The average molecular weight is 313 g/mol. The third-order valence-electron chi connectivity index (χ3n) is 4.48. The minimum absolute atomic E-state index is 0.780. The molecule has 0 saturated carbocycles. The summed E-state index contributed by atoms with van der Waals surface area (Å²) in [7, 11) is 0. The van der Waals surface area contributed by atoms with E-state index in [1.54, 1.807) is 0 Å². The maximum Gasteiger partial charge on any atom is 0.135 e. The highest BCUT2D eigenvalue weighted by atomic mass is 16.3. The quantitative estimate of drug-likeness (QED) is 0.555. The lowest BCUT2D eigenvalue weighted by molar-refractivity contribution is 0.595. The number of allylic oxidation sites excluding steroid dienone is 1. The van der Waals surface area contributed by atoms with Gasteiger partial charge in [-0.05, 0) is 37.5 Å². The monoisotopic (exact) mass is 313 g/mol. The lowest BCUT2D eigenvalue weighted by atomic mass is 9.96. The first kappa shape index (κ1) is 14.7. The summed E-state index contributed by atoms with van der Waals surface area (Å²) in [5, 5.41) is 1.19. The minimum Gasteiger partial charge on any atom is -0.456 e. The maximum absolute atomic E-state index is 6.01. The first-order valence-corrected chi connectivity index (χ1v) is 8.25. The second-order valence-corrected chi connectivity index (χ2v) is 6.07. The average Bonchev–Trinajstić information content (AvgIpc) is 3.01. The van der Waals surface area contributed by atoms with Crippen molar-refractivity contribution in [3.63, 3.8) is 0 Å². The summed E-state index contributed by atoms with van der Waals surface area (Å²) < 4.78 is 6.01. The number of furan rings is 1. The van der Waals surface area contributed by atoms with E-state index in [4.69, 9.17) is 9.41 Å². The Labute approximate surface area is 141 Å². The summed E-state index contributed by atoms with van der Waals surface area (Å²) in [6.07, 6.45) is 6.33. The fraction of sp³-hybridized carbons (Fsp3) is 0.136. The number of aliphatic imine (C=N–C) groups is 1. The van der Waals surface area contributed by atoms with E-state index in [-0.39, 0.29) is 0 Å². The number of benzene rings is 2. The van der Waals surface area contributed by atoms with Gasteiger partial charge in [0.25, 0.3) is 0 Å². The van der Waals surface area contributed by atoms with E-state index in [0.29, 0.717) is 0 Å². The molecule has 2 heteroatoms. The zero-order chi connectivity index (χ0) is 16.5. The third-order valence-corrected chi connectivity index (χ3v) is 4.48. The van der Waals surface area contributed by atoms with E-state index >= 15 is 0 Å². The van der Waals surface area contributed by atoms with Gasteiger partial charge in [0.1, 0.15) is 11.3 Å². The summed E-state index contributed by atoms with van der Waals surface area (Å²) in [4.78, 5) is 4.76. The van der Waals surface area contributed by atoms with Gasteiger partial charge >= 0.3 is 0 Å². The Bertz CT molecular complexity index is 974. The van der Waals surface area contributed by atoms with Gasteiger partial charge in [-0.25, -0.2) is 0 Å².